The summed E-state index contributed by atoms with van der Waals surface area (Å²) in [6, 6.07) is 7.24. The number of hydrogen-bond acceptors (Lipinski definition) is 5. The minimum Gasteiger partial charge on any atom is -0.389 e. The molecule has 0 saturated heterocycles. The highest BCUT2D eigenvalue weighted by molar-refractivity contribution is 7.99. The minimum atomic E-state index is -0.590. The van der Waals surface area contributed by atoms with Gasteiger partial charge in [-0.2, -0.15) is 10.4 Å². The van der Waals surface area contributed by atoms with E-state index < -0.39 is 6.10 Å². The van der Waals surface area contributed by atoms with Crippen LogP contribution in [0.5, 0.6) is 0 Å². The lowest BCUT2D eigenvalue weighted by atomic mass is 10.1. The van der Waals surface area contributed by atoms with Gasteiger partial charge in [0.25, 0.3) is 0 Å². The molecule has 0 aliphatic heterocycles. The highest BCUT2D eigenvalue weighted by Crippen LogP contribution is 2.31. The predicted molar refractivity (Wildman–Crippen MR) is 62.3 cm³/mol. The second kappa shape index (κ2) is 4.99. The number of nitrogens with one attached hydrogen (secondary N) is 1. The highest BCUT2D eigenvalue weighted by atomic mass is 32.2. The van der Waals surface area contributed by atoms with Crippen LogP contribution in [0.25, 0.3) is 0 Å². The van der Waals surface area contributed by atoms with Crippen LogP contribution in [-0.2, 0) is 0 Å². The van der Waals surface area contributed by atoms with Crippen molar-refractivity contribution in [2.24, 2.45) is 0 Å². The van der Waals surface area contributed by atoms with E-state index in [1.807, 2.05) is 0 Å². The van der Waals surface area contributed by atoms with Crippen molar-refractivity contribution >= 4 is 11.8 Å². The van der Waals surface area contributed by atoms with Crippen molar-refractivity contribution in [2.75, 3.05) is 0 Å². The van der Waals surface area contributed by atoms with Crippen LogP contribution < -0.4 is 0 Å². The standard InChI is InChI=1S/C11H10N4OS/c1-7(16)9-3-2-8(5-12)4-10(9)17-11-13-6-14-15-11/h2-4,6-7,16H,1H3,(H,13,14,15)/t7-/m1/s1. The predicted octanol–water partition coefficient (Wildman–Crippen LogP) is 1.88. The van der Waals surface area contributed by atoms with Crippen LogP contribution in [0.3, 0.4) is 0 Å². The summed E-state index contributed by atoms with van der Waals surface area (Å²) in [6.45, 7) is 1.69. The number of aromatic amines is 1. The lowest BCUT2D eigenvalue weighted by Gasteiger charge is -2.10. The number of aliphatic hydroxyl groups excluding tert-OH is 1. The van der Waals surface area contributed by atoms with Crippen LogP contribution in [-0.4, -0.2) is 20.3 Å². The Hall–Kier alpha value is -1.84. The van der Waals surface area contributed by atoms with E-state index in [4.69, 9.17) is 5.26 Å². The molecule has 6 heteroatoms. The summed E-state index contributed by atoms with van der Waals surface area (Å²) in [5.74, 6) is 0. The van der Waals surface area contributed by atoms with Crippen LogP contribution in [0, 0.1) is 11.3 Å². The van der Waals surface area contributed by atoms with Crippen molar-refractivity contribution in [3.63, 3.8) is 0 Å². The smallest absolute Gasteiger partial charge is 0.188 e. The summed E-state index contributed by atoms with van der Waals surface area (Å²) >= 11 is 1.34. The molecule has 86 valence electrons. The zero-order valence-corrected chi connectivity index (χ0v) is 9.90. The Balaban J connectivity index is 2.39. The Morgan fingerprint density at radius 3 is 2.94 bits per heavy atom. The second-order valence-corrected chi connectivity index (χ2v) is 4.46. The molecule has 0 aliphatic rings. The molecular formula is C11H10N4OS. The molecule has 0 radical (unpaired) electrons. The lowest BCUT2D eigenvalue weighted by Crippen LogP contribution is -1.95. The molecule has 1 aromatic carbocycles. The van der Waals surface area contributed by atoms with Gasteiger partial charge >= 0.3 is 0 Å². The van der Waals surface area contributed by atoms with E-state index in [2.05, 4.69) is 21.3 Å². The van der Waals surface area contributed by atoms with E-state index in [9.17, 15) is 5.11 Å². The maximum atomic E-state index is 9.65. The number of nitrogens with zero attached hydrogens (tertiary/aromatic N) is 3. The maximum Gasteiger partial charge on any atom is 0.188 e. The van der Waals surface area contributed by atoms with Crippen LogP contribution in [0.4, 0.5) is 0 Å². The van der Waals surface area contributed by atoms with Gasteiger partial charge in [0, 0.05) is 4.90 Å². The lowest BCUT2D eigenvalue weighted by molar-refractivity contribution is 0.196. The molecule has 0 aliphatic carbocycles. The molecule has 2 aromatic rings. The highest BCUT2D eigenvalue weighted by Gasteiger charge is 2.11. The van der Waals surface area contributed by atoms with Gasteiger partial charge in [-0.05, 0) is 36.4 Å². The number of rotatable bonds is 3. The van der Waals surface area contributed by atoms with Crippen LogP contribution in [0.1, 0.15) is 24.2 Å². The van der Waals surface area contributed by atoms with E-state index >= 15 is 0 Å². The molecule has 1 aromatic heterocycles. The van der Waals surface area contributed by atoms with Gasteiger partial charge in [0.05, 0.1) is 17.7 Å². The molecular weight excluding hydrogens is 236 g/mol. The molecule has 0 bridgehead atoms. The summed E-state index contributed by atoms with van der Waals surface area (Å²) in [7, 11) is 0. The SMILES string of the molecule is C[C@@H](O)c1ccc(C#N)cc1Sc1ncn[nH]1. The molecule has 0 fully saturated rings. The zero-order valence-electron chi connectivity index (χ0n) is 9.08. The number of benzene rings is 1. The Morgan fingerprint density at radius 2 is 2.35 bits per heavy atom. The Kier molecular flexibility index (Phi) is 3.42. The van der Waals surface area contributed by atoms with Crippen molar-refractivity contribution in [1.82, 2.24) is 15.2 Å². The first-order chi connectivity index (χ1) is 8.20. The van der Waals surface area contributed by atoms with E-state index in [1.165, 1.54) is 18.1 Å². The quantitative estimate of drug-likeness (QED) is 0.863. The fourth-order valence-corrected chi connectivity index (χ4v) is 2.33. The summed E-state index contributed by atoms with van der Waals surface area (Å²) in [4.78, 5) is 4.80. The Labute approximate surface area is 103 Å². The number of nitriles is 1. The van der Waals surface area contributed by atoms with E-state index in [-0.39, 0.29) is 0 Å². The van der Waals surface area contributed by atoms with Crippen LogP contribution >= 0.6 is 11.8 Å². The molecule has 0 spiro atoms. The first-order valence-electron chi connectivity index (χ1n) is 4.96. The Bertz CT molecular complexity index is 545. The largest absolute Gasteiger partial charge is 0.389 e. The minimum absolute atomic E-state index is 0.552. The third-order valence-electron chi connectivity index (χ3n) is 2.19. The van der Waals surface area contributed by atoms with Gasteiger partial charge < -0.3 is 5.11 Å². The summed E-state index contributed by atoms with van der Waals surface area (Å²) in [6.07, 6.45) is 0.826. The number of aromatic nitrogens is 3. The Morgan fingerprint density at radius 1 is 1.53 bits per heavy atom. The monoisotopic (exact) mass is 246 g/mol. The molecule has 1 heterocycles. The van der Waals surface area contributed by atoms with Crippen molar-refractivity contribution in [3.8, 4) is 6.07 Å². The third kappa shape index (κ3) is 2.64. The van der Waals surface area contributed by atoms with E-state index in [0.29, 0.717) is 10.7 Å². The van der Waals surface area contributed by atoms with Crippen molar-refractivity contribution in [2.45, 2.75) is 23.1 Å². The molecule has 0 saturated carbocycles. The zero-order chi connectivity index (χ0) is 12.3. The molecule has 17 heavy (non-hydrogen) atoms. The van der Waals surface area contributed by atoms with E-state index in [0.717, 1.165) is 10.5 Å². The summed E-state index contributed by atoms with van der Waals surface area (Å²) in [5, 5.41) is 25.6. The van der Waals surface area contributed by atoms with Crippen molar-refractivity contribution in [3.05, 3.63) is 35.7 Å². The average Bonchev–Trinajstić information content (AvgIpc) is 2.81. The first-order valence-corrected chi connectivity index (χ1v) is 5.77. The molecule has 5 nitrogen and oxygen atoms in total. The second-order valence-electron chi connectivity index (χ2n) is 3.43. The van der Waals surface area contributed by atoms with Gasteiger partial charge in [-0.25, -0.2) is 4.98 Å². The average molecular weight is 246 g/mol. The van der Waals surface area contributed by atoms with Gasteiger partial charge in [-0.1, -0.05) is 6.07 Å². The molecule has 0 amide bonds. The van der Waals surface area contributed by atoms with Crippen molar-refractivity contribution < 1.29 is 5.11 Å². The van der Waals surface area contributed by atoms with Crippen LogP contribution in [0.15, 0.2) is 34.6 Å². The summed E-state index contributed by atoms with van der Waals surface area (Å²) in [5.41, 5.74) is 1.32. The first kappa shape index (κ1) is 11.6. The van der Waals surface area contributed by atoms with E-state index in [1.54, 1.807) is 25.1 Å². The summed E-state index contributed by atoms with van der Waals surface area (Å²) < 4.78 is 0. The fraction of sp³-hybridized carbons (Fsp3) is 0.182. The maximum absolute atomic E-state index is 9.65. The molecule has 2 rings (SSSR count). The topological polar surface area (TPSA) is 85.6 Å². The normalized spacial score (nSPS) is 12.1. The molecule has 0 unspecified atom stereocenters. The fourth-order valence-electron chi connectivity index (χ4n) is 1.39. The van der Waals surface area contributed by atoms with Gasteiger partial charge in [0.2, 0.25) is 0 Å². The molecule has 1 atom stereocenters. The van der Waals surface area contributed by atoms with Crippen LogP contribution in [0.2, 0.25) is 0 Å². The molecule has 2 N–H and O–H groups in total. The number of aliphatic hydroxyl groups is 1. The van der Waals surface area contributed by atoms with Gasteiger partial charge in [-0.3, -0.25) is 5.10 Å². The number of hydrogen-bond donors (Lipinski definition) is 2. The third-order valence-corrected chi connectivity index (χ3v) is 3.16. The van der Waals surface area contributed by atoms with Gasteiger partial charge in [-0.15, -0.1) is 0 Å². The number of H-pyrrole nitrogens is 1. The van der Waals surface area contributed by atoms with Crippen molar-refractivity contribution in [1.29, 1.82) is 5.26 Å². The van der Waals surface area contributed by atoms with Gasteiger partial charge in [0.15, 0.2) is 5.16 Å². The van der Waals surface area contributed by atoms with Gasteiger partial charge in [0.1, 0.15) is 6.33 Å².